The third kappa shape index (κ3) is 2.95. The lowest BCUT2D eigenvalue weighted by Gasteiger charge is -2.22. The first-order valence-electron chi connectivity index (χ1n) is 6.16. The maximum Gasteiger partial charge on any atom is 0.0440 e. The van der Waals surface area contributed by atoms with Crippen molar-refractivity contribution in [3.63, 3.8) is 0 Å². The molecule has 1 aliphatic rings. The summed E-state index contributed by atoms with van der Waals surface area (Å²) in [6.45, 7) is 5.22. The first-order valence-corrected chi connectivity index (χ1v) is 6.16. The summed E-state index contributed by atoms with van der Waals surface area (Å²) in [7, 11) is 2.18. The van der Waals surface area contributed by atoms with Gasteiger partial charge in [-0.05, 0) is 31.4 Å². The van der Waals surface area contributed by atoms with Crippen molar-refractivity contribution in [2.24, 2.45) is 5.92 Å². The molecular weight excluding hydrogens is 198 g/mol. The normalized spacial score (nSPS) is 15.1. The number of anilines is 1. The van der Waals surface area contributed by atoms with Crippen LogP contribution in [0.1, 0.15) is 25.3 Å². The number of pyridine rings is 1. The van der Waals surface area contributed by atoms with Crippen molar-refractivity contribution in [3.05, 3.63) is 24.0 Å². The highest BCUT2D eigenvalue weighted by molar-refractivity contribution is 5.51. The molecule has 1 saturated carbocycles. The van der Waals surface area contributed by atoms with Crippen LogP contribution in [0.15, 0.2) is 18.5 Å². The second-order valence-electron chi connectivity index (χ2n) is 4.61. The number of nitrogens with zero attached hydrogens (tertiary/aromatic N) is 2. The van der Waals surface area contributed by atoms with Crippen molar-refractivity contribution < 1.29 is 0 Å². The summed E-state index contributed by atoms with van der Waals surface area (Å²) in [6, 6.07) is 2.12. The summed E-state index contributed by atoms with van der Waals surface area (Å²) >= 11 is 0. The minimum absolute atomic E-state index is 0.911. The first-order chi connectivity index (χ1) is 7.81. The lowest BCUT2D eigenvalue weighted by Crippen LogP contribution is -2.23. The molecule has 0 radical (unpaired) electrons. The second-order valence-corrected chi connectivity index (χ2v) is 4.61. The second kappa shape index (κ2) is 5.30. The van der Waals surface area contributed by atoms with Gasteiger partial charge < -0.3 is 10.2 Å². The van der Waals surface area contributed by atoms with Gasteiger partial charge in [0.25, 0.3) is 0 Å². The molecule has 88 valence electrons. The smallest absolute Gasteiger partial charge is 0.0440 e. The molecule has 0 aromatic carbocycles. The highest BCUT2D eigenvalue weighted by Crippen LogP contribution is 2.31. The predicted octanol–water partition coefficient (Wildman–Crippen LogP) is 2.04. The summed E-state index contributed by atoms with van der Waals surface area (Å²) in [5, 5.41) is 3.36. The van der Waals surface area contributed by atoms with E-state index >= 15 is 0 Å². The topological polar surface area (TPSA) is 28.2 Å². The van der Waals surface area contributed by atoms with Gasteiger partial charge in [-0.25, -0.2) is 0 Å². The molecule has 3 nitrogen and oxygen atoms in total. The summed E-state index contributed by atoms with van der Waals surface area (Å²) < 4.78 is 0. The Kier molecular flexibility index (Phi) is 3.78. The SMILES string of the molecule is CCNCc1cnccc1N(C)CC1CC1. The number of hydrogen-bond acceptors (Lipinski definition) is 3. The molecule has 0 amide bonds. The largest absolute Gasteiger partial charge is 0.374 e. The molecule has 1 N–H and O–H groups in total. The molecule has 1 aliphatic carbocycles. The summed E-state index contributed by atoms with van der Waals surface area (Å²) in [4.78, 5) is 6.58. The molecule has 0 unspecified atom stereocenters. The van der Waals surface area contributed by atoms with Gasteiger partial charge in [-0.1, -0.05) is 6.92 Å². The van der Waals surface area contributed by atoms with Gasteiger partial charge in [0.1, 0.15) is 0 Å². The molecular formula is C13H21N3. The predicted molar refractivity (Wildman–Crippen MR) is 67.6 cm³/mol. The van der Waals surface area contributed by atoms with E-state index in [1.807, 2.05) is 12.4 Å². The third-order valence-corrected chi connectivity index (χ3v) is 3.08. The Bertz CT molecular complexity index is 334. The van der Waals surface area contributed by atoms with Crippen LogP contribution >= 0.6 is 0 Å². The zero-order valence-corrected chi connectivity index (χ0v) is 10.2. The molecule has 1 heterocycles. The Labute approximate surface area is 97.9 Å². The van der Waals surface area contributed by atoms with Gasteiger partial charge in [-0.15, -0.1) is 0 Å². The highest BCUT2D eigenvalue weighted by atomic mass is 15.1. The van der Waals surface area contributed by atoms with Crippen LogP contribution in [0.2, 0.25) is 0 Å². The molecule has 0 atom stereocenters. The van der Waals surface area contributed by atoms with E-state index in [2.05, 4.69) is 35.2 Å². The fourth-order valence-electron chi connectivity index (χ4n) is 1.97. The third-order valence-electron chi connectivity index (χ3n) is 3.08. The van der Waals surface area contributed by atoms with Crippen LogP contribution in [0.25, 0.3) is 0 Å². The number of hydrogen-bond donors (Lipinski definition) is 1. The van der Waals surface area contributed by atoms with Crippen molar-refractivity contribution >= 4 is 5.69 Å². The standard InChI is InChI=1S/C13H21N3/c1-3-14-8-12-9-15-7-6-13(12)16(2)10-11-4-5-11/h6-7,9,11,14H,3-5,8,10H2,1-2H3. The Hall–Kier alpha value is -1.09. The summed E-state index contributed by atoms with van der Waals surface area (Å²) in [5.41, 5.74) is 2.62. The maximum atomic E-state index is 4.21. The van der Waals surface area contributed by atoms with Crippen LogP contribution in [0.4, 0.5) is 5.69 Å². The molecule has 0 aliphatic heterocycles. The minimum atomic E-state index is 0.911. The number of nitrogens with one attached hydrogen (secondary N) is 1. The van der Waals surface area contributed by atoms with Crippen molar-refractivity contribution in [3.8, 4) is 0 Å². The van der Waals surface area contributed by atoms with E-state index in [-0.39, 0.29) is 0 Å². The highest BCUT2D eigenvalue weighted by Gasteiger charge is 2.23. The lowest BCUT2D eigenvalue weighted by molar-refractivity contribution is 0.715. The Morgan fingerprint density at radius 2 is 2.31 bits per heavy atom. The molecule has 1 aromatic heterocycles. The van der Waals surface area contributed by atoms with E-state index in [0.29, 0.717) is 0 Å². The van der Waals surface area contributed by atoms with Crippen LogP contribution in [-0.4, -0.2) is 25.1 Å². The summed E-state index contributed by atoms with van der Waals surface area (Å²) in [6.07, 6.45) is 6.66. The molecule has 16 heavy (non-hydrogen) atoms. The summed E-state index contributed by atoms with van der Waals surface area (Å²) in [5.74, 6) is 0.921. The van der Waals surface area contributed by atoms with Gasteiger partial charge in [0, 0.05) is 43.8 Å². The van der Waals surface area contributed by atoms with E-state index in [1.54, 1.807) is 0 Å². The Morgan fingerprint density at radius 1 is 1.50 bits per heavy atom. The molecule has 0 bridgehead atoms. The fourth-order valence-corrected chi connectivity index (χ4v) is 1.97. The number of rotatable bonds is 6. The van der Waals surface area contributed by atoms with Crippen LogP contribution in [0.3, 0.4) is 0 Å². The Morgan fingerprint density at radius 3 is 3.00 bits per heavy atom. The van der Waals surface area contributed by atoms with Crippen LogP contribution < -0.4 is 10.2 Å². The first kappa shape index (κ1) is 11.4. The monoisotopic (exact) mass is 219 g/mol. The van der Waals surface area contributed by atoms with Gasteiger partial charge in [0.05, 0.1) is 0 Å². The zero-order valence-electron chi connectivity index (χ0n) is 10.2. The average molecular weight is 219 g/mol. The Balaban J connectivity index is 2.04. The van der Waals surface area contributed by atoms with Gasteiger partial charge in [-0.2, -0.15) is 0 Å². The quantitative estimate of drug-likeness (QED) is 0.793. The van der Waals surface area contributed by atoms with Crippen molar-refractivity contribution in [2.75, 3.05) is 25.0 Å². The van der Waals surface area contributed by atoms with Crippen molar-refractivity contribution in [1.29, 1.82) is 0 Å². The van der Waals surface area contributed by atoms with E-state index in [9.17, 15) is 0 Å². The van der Waals surface area contributed by atoms with E-state index in [1.165, 1.54) is 30.6 Å². The van der Waals surface area contributed by atoms with Gasteiger partial charge in [0.2, 0.25) is 0 Å². The number of aromatic nitrogens is 1. The van der Waals surface area contributed by atoms with Crippen molar-refractivity contribution in [1.82, 2.24) is 10.3 Å². The van der Waals surface area contributed by atoms with E-state index in [0.717, 1.165) is 19.0 Å². The molecule has 2 rings (SSSR count). The molecule has 1 aromatic rings. The molecule has 0 saturated heterocycles. The van der Waals surface area contributed by atoms with Crippen LogP contribution in [0, 0.1) is 5.92 Å². The van der Waals surface area contributed by atoms with E-state index in [4.69, 9.17) is 0 Å². The minimum Gasteiger partial charge on any atom is -0.374 e. The van der Waals surface area contributed by atoms with Crippen molar-refractivity contribution in [2.45, 2.75) is 26.3 Å². The van der Waals surface area contributed by atoms with E-state index < -0.39 is 0 Å². The van der Waals surface area contributed by atoms with Crippen LogP contribution in [-0.2, 0) is 6.54 Å². The maximum absolute atomic E-state index is 4.21. The lowest BCUT2D eigenvalue weighted by atomic mass is 10.2. The van der Waals surface area contributed by atoms with Crippen LogP contribution in [0.5, 0.6) is 0 Å². The van der Waals surface area contributed by atoms with Gasteiger partial charge >= 0.3 is 0 Å². The molecule has 3 heteroatoms. The molecule has 1 fully saturated rings. The fraction of sp³-hybridized carbons (Fsp3) is 0.615. The molecule has 0 spiro atoms. The van der Waals surface area contributed by atoms with Gasteiger partial charge in [-0.3, -0.25) is 4.98 Å². The average Bonchev–Trinajstić information content (AvgIpc) is 3.10. The zero-order chi connectivity index (χ0) is 11.4. The van der Waals surface area contributed by atoms with Gasteiger partial charge in [0.15, 0.2) is 0 Å².